The lowest BCUT2D eigenvalue weighted by atomic mass is 10.1. The van der Waals surface area contributed by atoms with Crippen molar-refractivity contribution in [2.75, 3.05) is 32.9 Å². The number of nitrogens with two attached hydrogens (primary N) is 1. The second kappa shape index (κ2) is 37.3. The van der Waals surface area contributed by atoms with Crippen molar-refractivity contribution in [1.82, 2.24) is 10.6 Å². The number of hydrogen-bond donors (Lipinski definition) is 3. The van der Waals surface area contributed by atoms with E-state index in [9.17, 15) is 4.79 Å². The Labute approximate surface area is 310 Å². The van der Waals surface area contributed by atoms with Crippen LogP contribution < -0.4 is 16.4 Å². The van der Waals surface area contributed by atoms with Crippen LogP contribution in [-0.2, 0) is 20.8 Å². The molecule has 0 aromatic heterocycles. The van der Waals surface area contributed by atoms with Crippen molar-refractivity contribution in [2.24, 2.45) is 5.73 Å². The van der Waals surface area contributed by atoms with E-state index in [2.05, 4.69) is 36.6 Å². The number of ether oxygens (including phenoxy) is 2. The average Bonchev–Trinajstić information content (AvgIpc) is 3.14. The molecule has 0 aliphatic rings. The van der Waals surface area contributed by atoms with Crippen LogP contribution in [0.4, 0.5) is 0 Å². The molecule has 1 amide bonds. The number of carbonyl (C=O) groups excluding carboxylic acids is 1. The minimum atomic E-state index is -0.249. The van der Waals surface area contributed by atoms with Crippen molar-refractivity contribution in [2.45, 2.75) is 206 Å². The maximum absolute atomic E-state index is 13.4. The van der Waals surface area contributed by atoms with Gasteiger partial charge in [-0.1, -0.05) is 192 Å². The van der Waals surface area contributed by atoms with Gasteiger partial charge in [0.2, 0.25) is 5.91 Å². The maximum atomic E-state index is 13.4. The Morgan fingerprint density at radius 1 is 0.620 bits per heavy atom. The van der Waals surface area contributed by atoms with Gasteiger partial charge in [-0.15, -0.1) is 0 Å². The summed E-state index contributed by atoms with van der Waals surface area (Å²) >= 11 is 0. The molecule has 0 bridgehead atoms. The fourth-order valence-corrected chi connectivity index (χ4v) is 6.61. The van der Waals surface area contributed by atoms with E-state index in [1.54, 1.807) is 0 Å². The topological polar surface area (TPSA) is 85.6 Å². The molecule has 0 spiro atoms. The van der Waals surface area contributed by atoms with Crippen LogP contribution >= 0.6 is 0 Å². The molecule has 292 valence electrons. The molecule has 0 radical (unpaired) electrons. The molecule has 0 fully saturated rings. The standard InChI is InChI=1S/C44H83N3O3/c1-3-5-7-9-11-13-15-17-19-21-23-30-36-49-40-42(50-37-31-24-22-20-18-16-14-12-10-8-6-4-2)39-47-44(48)43(34-28-29-35-45)46-38-41-32-26-25-27-33-41/h25-27,32-33,42-43,46H,3-24,28-31,34-40,45H2,1-2H3,(H,47,48). The van der Waals surface area contributed by atoms with Crippen LogP contribution in [0.2, 0.25) is 0 Å². The van der Waals surface area contributed by atoms with Crippen molar-refractivity contribution >= 4 is 5.91 Å². The normalized spacial score (nSPS) is 12.7. The lowest BCUT2D eigenvalue weighted by Crippen LogP contribution is -2.47. The van der Waals surface area contributed by atoms with Crippen LogP contribution in [-0.4, -0.2) is 51.0 Å². The Morgan fingerprint density at radius 3 is 1.60 bits per heavy atom. The van der Waals surface area contributed by atoms with Crippen LogP contribution in [0.5, 0.6) is 0 Å². The summed E-state index contributed by atoms with van der Waals surface area (Å²) < 4.78 is 12.5. The molecule has 0 aliphatic heterocycles. The summed E-state index contributed by atoms with van der Waals surface area (Å²) in [4.78, 5) is 13.4. The highest BCUT2D eigenvalue weighted by molar-refractivity contribution is 5.81. The smallest absolute Gasteiger partial charge is 0.237 e. The quantitative estimate of drug-likeness (QED) is 0.0595. The number of nitrogens with one attached hydrogen (secondary N) is 2. The van der Waals surface area contributed by atoms with Gasteiger partial charge < -0.3 is 25.8 Å². The van der Waals surface area contributed by atoms with E-state index in [-0.39, 0.29) is 18.1 Å². The highest BCUT2D eigenvalue weighted by atomic mass is 16.5. The van der Waals surface area contributed by atoms with Gasteiger partial charge in [-0.2, -0.15) is 0 Å². The second-order valence-corrected chi connectivity index (χ2v) is 14.8. The summed E-state index contributed by atoms with van der Waals surface area (Å²) in [5.74, 6) is 0.0397. The number of carbonyl (C=O) groups is 1. The van der Waals surface area contributed by atoms with Gasteiger partial charge in [0.1, 0.15) is 0 Å². The summed E-state index contributed by atoms with van der Waals surface area (Å²) in [6.07, 6.45) is 34.6. The third-order valence-corrected chi connectivity index (χ3v) is 9.96. The monoisotopic (exact) mass is 702 g/mol. The molecular weight excluding hydrogens is 619 g/mol. The van der Waals surface area contributed by atoms with E-state index in [1.807, 2.05) is 18.2 Å². The molecule has 50 heavy (non-hydrogen) atoms. The number of hydrogen-bond acceptors (Lipinski definition) is 5. The van der Waals surface area contributed by atoms with E-state index in [0.717, 1.165) is 45.3 Å². The summed E-state index contributed by atoms with van der Waals surface area (Å²) in [6.45, 7) is 8.40. The molecule has 6 heteroatoms. The summed E-state index contributed by atoms with van der Waals surface area (Å²) in [5, 5.41) is 6.69. The first-order chi connectivity index (χ1) is 24.7. The van der Waals surface area contributed by atoms with Crippen LogP contribution in [0, 0.1) is 0 Å². The van der Waals surface area contributed by atoms with E-state index < -0.39 is 0 Å². The van der Waals surface area contributed by atoms with E-state index in [0.29, 0.717) is 26.2 Å². The van der Waals surface area contributed by atoms with Crippen molar-refractivity contribution in [3.8, 4) is 0 Å². The predicted octanol–water partition coefficient (Wildman–Crippen LogP) is 11.2. The lowest BCUT2D eigenvalue weighted by Gasteiger charge is -2.22. The third-order valence-electron chi connectivity index (χ3n) is 9.96. The summed E-state index contributed by atoms with van der Waals surface area (Å²) in [7, 11) is 0. The molecule has 6 nitrogen and oxygen atoms in total. The fraction of sp³-hybridized carbons (Fsp3) is 0.841. The highest BCUT2D eigenvalue weighted by Gasteiger charge is 2.19. The molecule has 1 aromatic rings. The van der Waals surface area contributed by atoms with Gasteiger partial charge in [0.15, 0.2) is 0 Å². The Kier molecular flexibility index (Phi) is 34.7. The SMILES string of the molecule is CCCCCCCCCCCCCCOCC(CNC(=O)C(CCCCN)NCc1ccccc1)OCCCCCCCCCCCCCC. The zero-order valence-corrected chi connectivity index (χ0v) is 33.2. The van der Waals surface area contributed by atoms with Crippen molar-refractivity contribution in [1.29, 1.82) is 0 Å². The van der Waals surface area contributed by atoms with Crippen LogP contribution in [0.3, 0.4) is 0 Å². The lowest BCUT2D eigenvalue weighted by molar-refractivity contribution is -0.124. The van der Waals surface area contributed by atoms with Gasteiger partial charge in [-0.3, -0.25) is 4.79 Å². The Hall–Kier alpha value is -1.47. The fourth-order valence-electron chi connectivity index (χ4n) is 6.61. The molecule has 1 aromatic carbocycles. The molecule has 0 saturated carbocycles. The third kappa shape index (κ3) is 30.2. The second-order valence-electron chi connectivity index (χ2n) is 14.8. The van der Waals surface area contributed by atoms with Crippen molar-refractivity contribution in [3.63, 3.8) is 0 Å². The first kappa shape index (κ1) is 46.6. The Balaban J connectivity index is 2.38. The van der Waals surface area contributed by atoms with Crippen molar-refractivity contribution < 1.29 is 14.3 Å². The van der Waals surface area contributed by atoms with E-state index in [1.165, 1.54) is 147 Å². The summed E-state index contributed by atoms with van der Waals surface area (Å²) in [5.41, 5.74) is 6.93. The van der Waals surface area contributed by atoms with Gasteiger partial charge in [0.25, 0.3) is 0 Å². The van der Waals surface area contributed by atoms with E-state index >= 15 is 0 Å². The average molecular weight is 702 g/mol. The van der Waals surface area contributed by atoms with E-state index in [4.69, 9.17) is 15.2 Å². The number of benzene rings is 1. The van der Waals surface area contributed by atoms with Crippen molar-refractivity contribution in [3.05, 3.63) is 35.9 Å². The molecule has 1 rings (SSSR count). The van der Waals surface area contributed by atoms with Gasteiger partial charge in [0, 0.05) is 26.3 Å². The van der Waals surface area contributed by atoms with Crippen LogP contribution in [0.15, 0.2) is 30.3 Å². The molecule has 0 heterocycles. The van der Waals surface area contributed by atoms with Crippen LogP contribution in [0.25, 0.3) is 0 Å². The van der Waals surface area contributed by atoms with Crippen LogP contribution in [0.1, 0.15) is 193 Å². The minimum Gasteiger partial charge on any atom is -0.379 e. The zero-order valence-electron chi connectivity index (χ0n) is 33.2. The Bertz CT molecular complexity index is 824. The predicted molar refractivity (Wildman–Crippen MR) is 216 cm³/mol. The molecule has 0 aliphatic carbocycles. The highest BCUT2D eigenvalue weighted by Crippen LogP contribution is 2.14. The molecular formula is C44H83N3O3. The number of amides is 1. The first-order valence-electron chi connectivity index (χ1n) is 21.7. The number of unbranched alkanes of at least 4 members (excludes halogenated alkanes) is 23. The summed E-state index contributed by atoms with van der Waals surface area (Å²) in [6, 6.07) is 10.0. The number of rotatable bonds is 39. The maximum Gasteiger partial charge on any atom is 0.237 e. The first-order valence-corrected chi connectivity index (χ1v) is 21.7. The van der Waals surface area contributed by atoms with Gasteiger partial charge >= 0.3 is 0 Å². The van der Waals surface area contributed by atoms with Gasteiger partial charge in [-0.25, -0.2) is 0 Å². The molecule has 4 N–H and O–H groups in total. The van der Waals surface area contributed by atoms with Gasteiger partial charge in [-0.05, 0) is 37.8 Å². The molecule has 2 unspecified atom stereocenters. The minimum absolute atomic E-state index is 0.0397. The molecule has 2 atom stereocenters. The molecule has 0 saturated heterocycles. The van der Waals surface area contributed by atoms with Gasteiger partial charge in [0.05, 0.1) is 18.8 Å². The Morgan fingerprint density at radius 2 is 1.10 bits per heavy atom. The zero-order chi connectivity index (χ0) is 36.0. The largest absolute Gasteiger partial charge is 0.379 e.